The summed E-state index contributed by atoms with van der Waals surface area (Å²) in [7, 11) is 0. The van der Waals surface area contributed by atoms with Gasteiger partial charge < -0.3 is 14.8 Å². The van der Waals surface area contributed by atoms with Crippen LogP contribution in [0.15, 0.2) is 40.3 Å². The molecule has 1 aromatic carbocycles. The summed E-state index contributed by atoms with van der Waals surface area (Å²) in [5.41, 5.74) is 2.22. The summed E-state index contributed by atoms with van der Waals surface area (Å²) in [6.07, 6.45) is 1.47. The zero-order valence-corrected chi connectivity index (χ0v) is 17.5. The Balaban J connectivity index is 1.64. The van der Waals surface area contributed by atoms with Crippen molar-refractivity contribution in [2.45, 2.75) is 39.5 Å². The molecular weight excluding hydrogens is 390 g/mol. The molecule has 0 spiro atoms. The van der Waals surface area contributed by atoms with Crippen LogP contribution < -0.4 is 10.6 Å². The number of nitrogens with one attached hydrogen (secondary N) is 2. The number of aromatic hydroxyl groups is 1. The number of carbonyl (C=O) groups excluding carboxylic acids is 2. The number of rotatable bonds is 5. The first-order valence-electron chi connectivity index (χ1n) is 9.06. The fraction of sp³-hybridized carbons (Fsp3) is 0.286. The van der Waals surface area contributed by atoms with E-state index in [0.717, 1.165) is 5.56 Å². The molecule has 0 aliphatic heterocycles. The fourth-order valence-electron chi connectivity index (χ4n) is 2.69. The maximum Gasteiger partial charge on any atom is 0.260 e. The van der Waals surface area contributed by atoms with Crippen molar-refractivity contribution in [2.75, 3.05) is 10.6 Å². The Bertz CT molecular complexity index is 1050. The molecular formula is C21H23N3O4S. The minimum absolute atomic E-state index is 0.00746. The summed E-state index contributed by atoms with van der Waals surface area (Å²) in [6.45, 7) is 7.87. The van der Waals surface area contributed by atoms with E-state index in [1.165, 1.54) is 17.6 Å². The van der Waals surface area contributed by atoms with E-state index in [-0.39, 0.29) is 29.4 Å². The van der Waals surface area contributed by atoms with Crippen LogP contribution >= 0.6 is 11.3 Å². The van der Waals surface area contributed by atoms with E-state index >= 15 is 0 Å². The maximum atomic E-state index is 12.4. The molecule has 0 saturated carbocycles. The van der Waals surface area contributed by atoms with E-state index in [2.05, 4.69) is 36.4 Å². The lowest BCUT2D eigenvalue weighted by molar-refractivity contribution is -0.115. The third-order valence-corrected chi connectivity index (χ3v) is 5.16. The van der Waals surface area contributed by atoms with Crippen molar-refractivity contribution in [3.63, 3.8) is 0 Å². The zero-order valence-electron chi connectivity index (χ0n) is 16.7. The lowest BCUT2D eigenvalue weighted by atomic mass is 9.87. The smallest absolute Gasteiger partial charge is 0.260 e. The molecule has 8 heteroatoms. The molecule has 0 saturated heterocycles. The van der Waals surface area contributed by atoms with Gasteiger partial charge in [0.2, 0.25) is 5.91 Å². The van der Waals surface area contributed by atoms with Crippen LogP contribution in [0.2, 0.25) is 0 Å². The quantitative estimate of drug-likeness (QED) is 0.535. The first kappa shape index (κ1) is 20.6. The monoisotopic (exact) mass is 413 g/mol. The molecule has 3 rings (SSSR count). The molecule has 29 heavy (non-hydrogen) atoms. The van der Waals surface area contributed by atoms with Crippen molar-refractivity contribution in [3.05, 3.63) is 58.5 Å². The molecule has 2 heterocycles. The largest absolute Gasteiger partial charge is 0.506 e. The number of phenolic OH excluding ortho intramolecular Hbond substituents is 1. The van der Waals surface area contributed by atoms with Gasteiger partial charge in [-0.1, -0.05) is 26.8 Å². The minimum atomic E-state index is -0.314. The third-order valence-electron chi connectivity index (χ3n) is 4.35. The van der Waals surface area contributed by atoms with Gasteiger partial charge in [-0.2, -0.15) is 0 Å². The number of hydrogen-bond donors (Lipinski definition) is 3. The average Bonchev–Trinajstić information content (AvgIpc) is 3.24. The minimum Gasteiger partial charge on any atom is -0.506 e. The van der Waals surface area contributed by atoms with Gasteiger partial charge in [0.15, 0.2) is 5.13 Å². The van der Waals surface area contributed by atoms with Crippen molar-refractivity contribution in [1.29, 1.82) is 0 Å². The molecule has 0 aliphatic carbocycles. The summed E-state index contributed by atoms with van der Waals surface area (Å²) < 4.78 is 5.13. The van der Waals surface area contributed by atoms with E-state index in [9.17, 15) is 14.7 Å². The Labute approximate surface area is 172 Å². The van der Waals surface area contributed by atoms with Gasteiger partial charge in [0, 0.05) is 5.38 Å². The SMILES string of the molecule is Cc1occc1C(=O)Nc1nc(CC(=O)Nc2cc(C(C)(C)C)ccc2O)cs1. The number of phenols is 1. The number of furan rings is 1. The topological polar surface area (TPSA) is 104 Å². The summed E-state index contributed by atoms with van der Waals surface area (Å²) >= 11 is 1.24. The summed E-state index contributed by atoms with van der Waals surface area (Å²) in [5, 5.41) is 17.6. The summed E-state index contributed by atoms with van der Waals surface area (Å²) in [6, 6.07) is 6.77. The number of anilines is 2. The van der Waals surface area contributed by atoms with Crippen LogP contribution in [0.1, 0.15) is 48.1 Å². The Hall–Kier alpha value is -3.13. The predicted octanol–water partition coefficient (Wildman–Crippen LogP) is 4.48. The molecule has 0 aliphatic rings. The fourth-order valence-corrected chi connectivity index (χ4v) is 3.40. The predicted molar refractivity (Wildman–Crippen MR) is 113 cm³/mol. The lowest BCUT2D eigenvalue weighted by Gasteiger charge is -2.20. The van der Waals surface area contributed by atoms with Crippen molar-refractivity contribution in [2.24, 2.45) is 0 Å². The van der Waals surface area contributed by atoms with Crippen LogP contribution in [-0.2, 0) is 16.6 Å². The molecule has 2 aromatic heterocycles. The first-order valence-corrected chi connectivity index (χ1v) is 9.94. The second-order valence-electron chi connectivity index (χ2n) is 7.70. The molecule has 0 atom stereocenters. The van der Waals surface area contributed by atoms with Crippen molar-refractivity contribution in [1.82, 2.24) is 4.98 Å². The first-order chi connectivity index (χ1) is 13.6. The number of amides is 2. The van der Waals surface area contributed by atoms with Crippen LogP contribution in [0.5, 0.6) is 5.75 Å². The maximum absolute atomic E-state index is 12.4. The highest BCUT2D eigenvalue weighted by Gasteiger charge is 2.18. The molecule has 0 radical (unpaired) electrons. The Morgan fingerprint density at radius 1 is 1.21 bits per heavy atom. The van der Waals surface area contributed by atoms with E-state index in [0.29, 0.717) is 27.8 Å². The van der Waals surface area contributed by atoms with Gasteiger partial charge in [-0.15, -0.1) is 11.3 Å². The standard InChI is InChI=1S/C21H23N3O4S/c1-12-15(7-8-28-12)19(27)24-20-22-14(11-29-20)10-18(26)23-16-9-13(21(2,3)4)5-6-17(16)25/h5-9,11,25H,10H2,1-4H3,(H,23,26)(H,22,24,27). The molecule has 152 valence electrons. The van der Waals surface area contributed by atoms with Crippen molar-refractivity contribution < 1.29 is 19.1 Å². The molecule has 3 aromatic rings. The molecule has 2 amide bonds. The highest BCUT2D eigenvalue weighted by atomic mass is 32.1. The van der Waals surface area contributed by atoms with Crippen molar-refractivity contribution in [3.8, 4) is 5.75 Å². The average molecular weight is 413 g/mol. The molecule has 7 nitrogen and oxygen atoms in total. The van der Waals surface area contributed by atoms with Crippen LogP contribution in [0, 0.1) is 6.92 Å². The Kier molecular flexibility index (Phi) is 5.74. The van der Waals surface area contributed by atoms with Gasteiger partial charge in [0.25, 0.3) is 5.91 Å². The number of aryl methyl sites for hydroxylation is 1. The van der Waals surface area contributed by atoms with Crippen LogP contribution in [-0.4, -0.2) is 21.9 Å². The molecule has 0 bridgehead atoms. The molecule has 3 N–H and O–H groups in total. The highest BCUT2D eigenvalue weighted by Crippen LogP contribution is 2.30. The van der Waals surface area contributed by atoms with Gasteiger partial charge in [-0.3, -0.25) is 14.9 Å². The van der Waals surface area contributed by atoms with Gasteiger partial charge >= 0.3 is 0 Å². The highest BCUT2D eigenvalue weighted by molar-refractivity contribution is 7.14. The van der Waals surface area contributed by atoms with Gasteiger partial charge in [-0.25, -0.2) is 4.98 Å². The second kappa shape index (κ2) is 8.08. The Morgan fingerprint density at radius 3 is 2.62 bits per heavy atom. The summed E-state index contributed by atoms with van der Waals surface area (Å²) in [4.78, 5) is 28.9. The number of carbonyl (C=O) groups is 2. The van der Waals surface area contributed by atoms with E-state index in [1.54, 1.807) is 30.5 Å². The van der Waals surface area contributed by atoms with Crippen LogP contribution in [0.3, 0.4) is 0 Å². The number of thiazole rings is 1. The van der Waals surface area contributed by atoms with E-state index < -0.39 is 0 Å². The summed E-state index contributed by atoms with van der Waals surface area (Å²) in [5.74, 6) is -0.0882. The lowest BCUT2D eigenvalue weighted by Crippen LogP contribution is -2.17. The zero-order chi connectivity index (χ0) is 21.2. The molecule has 0 fully saturated rings. The molecule has 0 unspecified atom stereocenters. The number of aromatic nitrogens is 1. The van der Waals surface area contributed by atoms with Gasteiger partial charge in [0.1, 0.15) is 11.5 Å². The van der Waals surface area contributed by atoms with Crippen LogP contribution in [0.4, 0.5) is 10.8 Å². The van der Waals surface area contributed by atoms with Crippen molar-refractivity contribution >= 4 is 34.0 Å². The number of benzene rings is 1. The van der Waals surface area contributed by atoms with Gasteiger partial charge in [-0.05, 0) is 36.1 Å². The number of hydrogen-bond acceptors (Lipinski definition) is 6. The number of nitrogens with zero attached hydrogens (tertiary/aromatic N) is 1. The second-order valence-corrected chi connectivity index (χ2v) is 8.55. The van der Waals surface area contributed by atoms with Crippen LogP contribution in [0.25, 0.3) is 0 Å². The van der Waals surface area contributed by atoms with E-state index in [4.69, 9.17) is 4.42 Å². The van der Waals surface area contributed by atoms with Gasteiger partial charge in [0.05, 0.1) is 29.6 Å². The normalized spacial score (nSPS) is 11.3. The Morgan fingerprint density at radius 2 is 1.97 bits per heavy atom. The van der Waals surface area contributed by atoms with E-state index in [1.807, 2.05) is 6.07 Å². The third kappa shape index (κ3) is 5.03.